The Kier molecular flexibility index (Phi) is 1.98. The Morgan fingerprint density at radius 2 is 1.65 bits per heavy atom. The van der Waals surface area contributed by atoms with E-state index in [-0.39, 0.29) is 0 Å². The van der Waals surface area contributed by atoms with Gasteiger partial charge in [0.2, 0.25) is 0 Å². The van der Waals surface area contributed by atoms with Crippen LogP contribution in [0, 0.1) is 24.7 Å². The molecule has 0 unspecified atom stereocenters. The van der Waals surface area contributed by atoms with Crippen molar-refractivity contribution in [1.29, 1.82) is 0 Å². The van der Waals surface area contributed by atoms with Gasteiger partial charge in [-0.25, -0.2) is 4.98 Å². The molecule has 2 nitrogen and oxygen atoms in total. The van der Waals surface area contributed by atoms with Gasteiger partial charge in [0, 0.05) is 10.3 Å². The summed E-state index contributed by atoms with van der Waals surface area (Å²) in [6.45, 7) is 2.15. The van der Waals surface area contributed by atoms with Gasteiger partial charge >= 0.3 is 0 Å². The first-order valence-electron chi connectivity index (χ1n) is 6.88. The van der Waals surface area contributed by atoms with E-state index in [1.165, 1.54) is 49.1 Å². The zero-order chi connectivity index (χ0) is 11.6. The van der Waals surface area contributed by atoms with E-state index < -0.39 is 0 Å². The molecule has 92 valence electrons. The van der Waals surface area contributed by atoms with Crippen LogP contribution in [0.5, 0.6) is 0 Å². The molecule has 1 heterocycles. The molecule has 4 aliphatic carbocycles. The predicted octanol–water partition coefficient (Wildman–Crippen LogP) is 3.50. The molecule has 0 aliphatic heterocycles. The Balaban J connectivity index is 1.79. The number of aromatic nitrogens is 1. The molecule has 4 aliphatic rings. The lowest BCUT2D eigenvalue weighted by Gasteiger charge is -2.56. The van der Waals surface area contributed by atoms with Gasteiger partial charge in [0.25, 0.3) is 0 Å². The van der Waals surface area contributed by atoms with Crippen LogP contribution in [0.15, 0.2) is 0 Å². The van der Waals surface area contributed by atoms with Crippen molar-refractivity contribution in [3.8, 4) is 0 Å². The molecule has 4 saturated carbocycles. The molecule has 0 spiro atoms. The highest BCUT2D eigenvalue weighted by atomic mass is 32.1. The zero-order valence-corrected chi connectivity index (χ0v) is 11.2. The van der Waals surface area contributed by atoms with Gasteiger partial charge in [-0.3, -0.25) is 0 Å². The average Bonchev–Trinajstić information content (AvgIpc) is 2.56. The third-order valence-electron chi connectivity index (χ3n) is 5.33. The maximum Gasteiger partial charge on any atom is 0.180 e. The van der Waals surface area contributed by atoms with E-state index >= 15 is 0 Å². The molecule has 4 bridgehead atoms. The van der Waals surface area contributed by atoms with Crippen molar-refractivity contribution in [2.75, 3.05) is 5.73 Å². The molecule has 4 fully saturated rings. The van der Waals surface area contributed by atoms with Crippen LogP contribution in [0.3, 0.4) is 0 Å². The molecule has 3 heteroatoms. The van der Waals surface area contributed by atoms with Gasteiger partial charge in [0.05, 0.1) is 5.69 Å². The van der Waals surface area contributed by atoms with Gasteiger partial charge in [-0.15, -0.1) is 11.3 Å². The Hall–Kier alpha value is -0.570. The number of hydrogen-bond donors (Lipinski definition) is 1. The number of nitrogens with zero attached hydrogens (tertiary/aromatic N) is 1. The zero-order valence-electron chi connectivity index (χ0n) is 10.4. The highest BCUT2D eigenvalue weighted by Gasteiger charge is 2.52. The second-order valence-corrected chi connectivity index (χ2v) is 7.70. The second-order valence-electron chi connectivity index (χ2n) is 6.66. The first kappa shape index (κ1) is 10.4. The van der Waals surface area contributed by atoms with Crippen LogP contribution in [0.1, 0.15) is 49.1 Å². The fourth-order valence-corrected chi connectivity index (χ4v) is 6.35. The summed E-state index contributed by atoms with van der Waals surface area (Å²) in [6, 6.07) is 0. The predicted molar refractivity (Wildman–Crippen MR) is 71.1 cm³/mol. The van der Waals surface area contributed by atoms with E-state index in [0.29, 0.717) is 5.41 Å². The molecule has 17 heavy (non-hydrogen) atoms. The monoisotopic (exact) mass is 248 g/mol. The van der Waals surface area contributed by atoms with Gasteiger partial charge in [-0.05, 0) is 63.2 Å². The summed E-state index contributed by atoms with van der Waals surface area (Å²) in [5, 5.41) is 0.772. The van der Waals surface area contributed by atoms with Crippen molar-refractivity contribution in [2.24, 2.45) is 17.8 Å². The smallest absolute Gasteiger partial charge is 0.180 e. The average molecular weight is 248 g/mol. The highest BCUT2D eigenvalue weighted by Crippen LogP contribution is 2.61. The van der Waals surface area contributed by atoms with Crippen LogP contribution in [0.2, 0.25) is 0 Å². The molecule has 1 aromatic rings. The van der Waals surface area contributed by atoms with Crippen molar-refractivity contribution in [3.63, 3.8) is 0 Å². The summed E-state index contributed by atoms with van der Waals surface area (Å²) in [5.74, 6) is 3.01. The van der Waals surface area contributed by atoms with Crippen molar-refractivity contribution < 1.29 is 0 Å². The first-order valence-corrected chi connectivity index (χ1v) is 7.70. The van der Waals surface area contributed by atoms with E-state index in [9.17, 15) is 0 Å². The Bertz CT molecular complexity index is 428. The molecular formula is C14H20N2S. The SMILES string of the molecule is Cc1nc(N)sc1C12CC3CC(CC(C3)C1)C2. The normalized spacial score (nSPS) is 43.2. The van der Waals surface area contributed by atoms with Crippen LogP contribution in [0.4, 0.5) is 5.13 Å². The molecular weight excluding hydrogens is 228 g/mol. The van der Waals surface area contributed by atoms with Gasteiger partial charge in [-0.1, -0.05) is 0 Å². The van der Waals surface area contributed by atoms with E-state index in [1.54, 1.807) is 11.3 Å². The number of rotatable bonds is 1. The Labute approximate surface area is 107 Å². The molecule has 5 rings (SSSR count). The number of thiazole rings is 1. The molecule has 0 radical (unpaired) electrons. The summed E-state index contributed by atoms with van der Waals surface area (Å²) in [5.41, 5.74) is 7.60. The number of nitrogens with two attached hydrogens (primary N) is 1. The minimum atomic E-state index is 0.480. The first-order chi connectivity index (χ1) is 8.14. The summed E-state index contributed by atoms with van der Waals surface area (Å²) >= 11 is 1.77. The topological polar surface area (TPSA) is 38.9 Å². The fourth-order valence-electron chi connectivity index (χ4n) is 5.30. The quantitative estimate of drug-likeness (QED) is 0.826. The minimum Gasteiger partial charge on any atom is -0.375 e. The third-order valence-corrected chi connectivity index (χ3v) is 6.57. The van der Waals surface area contributed by atoms with Gasteiger partial charge in [0.1, 0.15) is 0 Å². The van der Waals surface area contributed by atoms with Crippen LogP contribution < -0.4 is 5.73 Å². The van der Waals surface area contributed by atoms with Crippen molar-refractivity contribution in [2.45, 2.75) is 50.9 Å². The van der Waals surface area contributed by atoms with Crippen LogP contribution in [0.25, 0.3) is 0 Å². The summed E-state index contributed by atoms with van der Waals surface area (Å²) < 4.78 is 0. The lowest BCUT2D eigenvalue weighted by molar-refractivity contribution is -0.00382. The van der Waals surface area contributed by atoms with E-state index in [0.717, 1.165) is 22.9 Å². The second kappa shape index (κ2) is 3.25. The number of anilines is 1. The maximum absolute atomic E-state index is 5.91. The fraction of sp³-hybridized carbons (Fsp3) is 0.786. The minimum absolute atomic E-state index is 0.480. The molecule has 1 aromatic heterocycles. The number of hydrogen-bond acceptors (Lipinski definition) is 3. The van der Waals surface area contributed by atoms with Crippen LogP contribution >= 0.6 is 11.3 Å². The molecule has 2 N–H and O–H groups in total. The third kappa shape index (κ3) is 1.41. The lowest BCUT2D eigenvalue weighted by Crippen LogP contribution is -2.48. The van der Waals surface area contributed by atoms with Crippen LogP contribution in [-0.2, 0) is 5.41 Å². The summed E-state index contributed by atoms with van der Waals surface area (Å²) in [6.07, 6.45) is 8.77. The molecule has 0 aromatic carbocycles. The highest BCUT2D eigenvalue weighted by molar-refractivity contribution is 7.15. The lowest BCUT2D eigenvalue weighted by atomic mass is 9.49. The standard InChI is InChI=1S/C14H20N2S/c1-8-12(17-13(15)16-8)14-5-9-2-10(6-14)4-11(3-9)7-14/h9-11H,2-7H2,1H3,(H2,15,16). The van der Waals surface area contributed by atoms with Crippen molar-refractivity contribution >= 4 is 16.5 Å². The number of nitrogen functional groups attached to an aromatic ring is 1. The van der Waals surface area contributed by atoms with E-state index in [4.69, 9.17) is 5.73 Å². The summed E-state index contributed by atoms with van der Waals surface area (Å²) in [4.78, 5) is 6.00. The van der Waals surface area contributed by atoms with E-state index in [1.807, 2.05) is 0 Å². The van der Waals surface area contributed by atoms with Crippen LogP contribution in [-0.4, -0.2) is 4.98 Å². The van der Waals surface area contributed by atoms with Gasteiger partial charge in [0.15, 0.2) is 5.13 Å². The van der Waals surface area contributed by atoms with E-state index in [2.05, 4.69) is 11.9 Å². The molecule has 0 saturated heterocycles. The van der Waals surface area contributed by atoms with Crippen molar-refractivity contribution in [3.05, 3.63) is 10.6 Å². The summed E-state index contributed by atoms with van der Waals surface area (Å²) in [7, 11) is 0. The number of aryl methyl sites for hydroxylation is 1. The van der Waals surface area contributed by atoms with Gasteiger partial charge in [-0.2, -0.15) is 0 Å². The Morgan fingerprint density at radius 1 is 1.12 bits per heavy atom. The van der Waals surface area contributed by atoms with Gasteiger partial charge < -0.3 is 5.73 Å². The molecule has 0 atom stereocenters. The largest absolute Gasteiger partial charge is 0.375 e. The van der Waals surface area contributed by atoms with Crippen molar-refractivity contribution in [1.82, 2.24) is 4.98 Å². The maximum atomic E-state index is 5.91. The Morgan fingerprint density at radius 3 is 2.06 bits per heavy atom. The molecule has 0 amide bonds.